The van der Waals surface area contributed by atoms with Crippen molar-refractivity contribution in [3.05, 3.63) is 0 Å². The van der Waals surface area contributed by atoms with E-state index in [4.69, 9.17) is 14.2 Å². The van der Waals surface area contributed by atoms with Crippen LogP contribution in [0.1, 0.15) is 284 Å². The first-order valence-corrected chi connectivity index (χ1v) is 25.0. The van der Waals surface area contributed by atoms with Crippen LogP contribution >= 0.6 is 0 Å². The molecule has 6 nitrogen and oxygen atoms in total. The third kappa shape index (κ3) is 43.5. The summed E-state index contributed by atoms with van der Waals surface area (Å²) in [6, 6.07) is 0. The molecule has 0 bridgehead atoms. The van der Waals surface area contributed by atoms with Gasteiger partial charge in [-0.15, -0.1) is 0 Å². The molecule has 56 heavy (non-hydrogen) atoms. The molecule has 0 N–H and O–H groups in total. The van der Waals surface area contributed by atoms with Crippen LogP contribution in [0.3, 0.4) is 0 Å². The highest BCUT2D eigenvalue weighted by molar-refractivity contribution is 5.71. The number of unbranched alkanes of at least 4 members (excludes halogenated alkanes) is 35. The predicted octanol–water partition coefficient (Wildman–Crippen LogP) is 16.0. The molecule has 0 aliphatic heterocycles. The smallest absolute Gasteiger partial charge is 0.306 e. The van der Waals surface area contributed by atoms with E-state index in [0.29, 0.717) is 19.3 Å². The summed E-state index contributed by atoms with van der Waals surface area (Å²) < 4.78 is 16.7. The fraction of sp³-hybridized carbons (Fsp3) is 0.940. The summed E-state index contributed by atoms with van der Waals surface area (Å²) in [6.07, 6.45) is 48.3. The fourth-order valence-electron chi connectivity index (χ4n) is 7.56. The third-order valence-corrected chi connectivity index (χ3v) is 11.4. The predicted molar refractivity (Wildman–Crippen MR) is 238 cm³/mol. The highest BCUT2D eigenvalue weighted by atomic mass is 16.6. The minimum atomic E-state index is -0.757. The largest absolute Gasteiger partial charge is 0.462 e. The Bertz CT molecular complexity index is 828. The second-order valence-corrected chi connectivity index (χ2v) is 17.1. The molecule has 0 spiro atoms. The molecule has 0 radical (unpaired) electrons. The number of carbonyl (C=O) groups excluding carboxylic acids is 3. The molecule has 0 aromatic carbocycles. The molecule has 0 aliphatic carbocycles. The highest BCUT2D eigenvalue weighted by Gasteiger charge is 2.19. The summed E-state index contributed by atoms with van der Waals surface area (Å²) in [4.78, 5) is 37.6. The van der Waals surface area contributed by atoms with Gasteiger partial charge in [0, 0.05) is 19.3 Å². The lowest BCUT2D eigenvalue weighted by molar-refractivity contribution is -0.167. The quantitative estimate of drug-likeness (QED) is 0.0347. The van der Waals surface area contributed by atoms with Gasteiger partial charge in [0.1, 0.15) is 13.2 Å². The molecule has 0 aliphatic rings. The van der Waals surface area contributed by atoms with E-state index in [1.807, 2.05) is 0 Å². The first-order chi connectivity index (χ1) is 27.5. The van der Waals surface area contributed by atoms with Crippen LogP contribution in [0, 0.1) is 0 Å². The maximum Gasteiger partial charge on any atom is 0.306 e. The third-order valence-electron chi connectivity index (χ3n) is 11.4. The van der Waals surface area contributed by atoms with Gasteiger partial charge in [-0.3, -0.25) is 14.4 Å². The second kappa shape index (κ2) is 46.1. The van der Waals surface area contributed by atoms with Gasteiger partial charge in [0.25, 0.3) is 0 Å². The molecule has 0 saturated heterocycles. The lowest BCUT2D eigenvalue weighted by Gasteiger charge is -2.18. The van der Waals surface area contributed by atoms with Gasteiger partial charge >= 0.3 is 17.9 Å². The van der Waals surface area contributed by atoms with E-state index in [1.165, 1.54) is 180 Å². The summed E-state index contributed by atoms with van der Waals surface area (Å²) in [7, 11) is 0. The Morgan fingerprint density at radius 2 is 0.482 bits per heavy atom. The summed E-state index contributed by atoms with van der Waals surface area (Å²) >= 11 is 0. The molecule has 0 aromatic heterocycles. The van der Waals surface area contributed by atoms with Crippen molar-refractivity contribution < 1.29 is 28.6 Å². The van der Waals surface area contributed by atoms with Crippen LogP contribution in [0.25, 0.3) is 0 Å². The minimum Gasteiger partial charge on any atom is -0.462 e. The van der Waals surface area contributed by atoms with E-state index in [2.05, 4.69) is 20.8 Å². The minimum absolute atomic E-state index is 0.0632. The molecule has 1 atom stereocenters. The normalized spacial score (nSPS) is 11.8. The summed E-state index contributed by atoms with van der Waals surface area (Å²) in [5.41, 5.74) is 0. The van der Waals surface area contributed by atoms with Gasteiger partial charge < -0.3 is 14.2 Å². The summed E-state index contributed by atoms with van der Waals surface area (Å²) in [5.74, 6) is -0.859. The van der Waals surface area contributed by atoms with Gasteiger partial charge in [-0.25, -0.2) is 0 Å². The summed E-state index contributed by atoms with van der Waals surface area (Å²) in [6.45, 7) is 6.60. The molecule has 6 heteroatoms. The van der Waals surface area contributed by atoms with Crippen LogP contribution in [-0.2, 0) is 28.6 Å². The van der Waals surface area contributed by atoms with Crippen LogP contribution < -0.4 is 0 Å². The Balaban J connectivity index is 4.10. The van der Waals surface area contributed by atoms with Crippen molar-refractivity contribution in [3.63, 3.8) is 0 Å². The molecular weight excluding hydrogens is 697 g/mol. The van der Waals surface area contributed by atoms with Gasteiger partial charge in [-0.1, -0.05) is 245 Å². The molecular formula is C50H96O6. The zero-order valence-corrected chi connectivity index (χ0v) is 37.9. The van der Waals surface area contributed by atoms with E-state index < -0.39 is 6.10 Å². The molecule has 0 rings (SSSR count). The van der Waals surface area contributed by atoms with Crippen LogP contribution in [0.5, 0.6) is 0 Å². The number of esters is 3. The Morgan fingerprint density at radius 1 is 0.286 bits per heavy atom. The average molecular weight is 793 g/mol. The topological polar surface area (TPSA) is 78.9 Å². The van der Waals surface area contributed by atoms with E-state index >= 15 is 0 Å². The molecule has 0 aromatic rings. The first-order valence-electron chi connectivity index (χ1n) is 25.0. The number of ether oxygens (including phenoxy) is 3. The van der Waals surface area contributed by atoms with Crippen molar-refractivity contribution in [1.82, 2.24) is 0 Å². The van der Waals surface area contributed by atoms with E-state index in [0.717, 1.165) is 64.2 Å². The second-order valence-electron chi connectivity index (χ2n) is 17.1. The van der Waals surface area contributed by atoms with Crippen molar-refractivity contribution in [2.75, 3.05) is 13.2 Å². The monoisotopic (exact) mass is 793 g/mol. The lowest BCUT2D eigenvalue weighted by atomic mass is 10.0. The van der Waals surface area contributed by atoms with E-state index in [1.54, 1.807) is 0 Å². The standard InChI is InChI=1S/C50H96O6/c1-4-7-10-13-15-17-19-21-23-24-25-27-28-30-32-34-37-40-43-49(52)55-46-47(45-54-48(51)42-39-36-12-9-6-3)56-50(53)44-41-38-35-33-31-29-26-22-20-18-16-14-11-8-5-2/h47H,4-46H2,1-3H3. The van der Waals surface area contributed by atoms with Gasteiger partial charge in [0.05, 0.1) is 0 Å². The first kappa shape index (κ1) is 54.4. The van der Waals surface area contributed by atoms with E-state index in [9.17, 15) is 14.4 Å². The maximum absolute atomic E-state index is 12.7. The van der Waals surface area contributed by atoms with Crippen molar-refractivity contribution in [2.45, 2.75) is 290 Å². The molecule has 1 unspecified atom stereocenters. The van der Waals surface area contributed by atoms with Crippen LogP contribution in [0.4, 0.5) is 0 Å². The maximum atomic E-state index is 12.7. The molecule has 0 fully saturated rings. The van der Waals surface area contributed by atoms with Crippen molar-refractivity contribution >= 4 is 17.9 Å². The number of rotatable bonds is 46. The molecule has 0 amide bonds. The fourth-order valence-corrected chi connectivity index (χ4v) is 7.56. The molecule has 332 valence electrons. The summed E-state index contributed by atoms with van der Waals surface area (Å²) in [5, 5.41) is 0. The number of hydrogen-bond acceptors (Lipinski definition) is 6. The SMILES string of the molecule is CCCCCCCCCCCCCCCCCCCCC(=O)OCC(COC(=O)CCCCCCC)OC(=O)CCCCCCCCCCCCCCCCC. The van der Waals surface area contributed by atoms with Crippen molar-refractivity contribution in [1.29, 1.82) is 0 Å². The number of carbonyl (C=O) groups is 3. The van der Waals surface area contributed by atoms with Gasteiger partial charge in [0.2, 0.25) is 0 Å². The van der Waals surface area contributed by atoms with Crippen LogP contribution in [0.2, 0.25) is 0 Å². The zero-order valence-electron chi connectivity index (χ0n) is 37.9. The van der Waals surface area contributed by atoms with Gasteiger partial charge in [-0.05, 0) is 19.3 Å². The average Bonchev–Trinajstić information content (AvgIpc) is 3.19. The Kier molecular flexibility index (Phi) is 44.8. The molecule has 0 heterocycles. The van der Waals surface area contributed by atoms with Crippen LogP contribution in [0.15, 0.2) is 0 Å². The Hall–Kier alpha value is -1.59. The lowest BCUT2D eigenvalue weighted by Crippen LogP contribution is -2.30. The highest BCUT2D eigenvalue weighted by Crippen LogP contribution is 2.17. The van der Waals surface area contributed by atoms with Crippen molar-refractivity contribution in [3.8, 4) is 0 Å². The Labute approximate surface area is 348 Å². The number of hydrogen-bond donors (Lipinski definition) is 0. The molecule has 0 saturated carbocycles. The van der Waals surface area contributed by atoms with Crippen LogP contribution in [-0.4, -0.2) is 37.2 Å². The zero-order chi connectivity index (χ0) is 40.8. The van der Waals surface area contributed by atoms with Gasteiger partial charge in [-0.2, -0.15) is 0 Å². The van der Waals surface area contributed by atoms with Crippen molar-refractivity contribution in [2.24, 2.45) is 0 Å². The van der Waals surface area contributed by atoms with Gasteiger partial charge in [0.15, 0.2) is 6.10 Å². The Morgan fingerprint density at radius 3 is 0.714 bits per heavy atom. The van der Waals surface area contributed by atoms with E-state index in [-0.39, 0.29) is 31.1 Å².